The van der Waals surface area contributed by atoms with Gasteiger partial charge in [-0.3, -0.25) is 9.59 Å². The molecule has 12 nitrogen and oxygen atoms in total. The summed E-state index contributed by atoms with van der Waals surface area (Å²) in [5.74, 6) is -46.2. The van der Waals surface area contributed by atoms with Crippen molar-refractivity contribution in [3.05, 3.63) is 87.3 Å². The predicted molar refractivity (Wildman–Crippen MR) is 162 cm³/mol. The maximum absolute atomic E-state index is 13.4. The number of halogens is 16. The van der Waals surface area contributed by atoms with E-state index < -0.39 is 175 Å². The fraction of sp³-hybridized carbons (Fsp3) is 0.290. The SMILES string of the molecule is CC(CO)(CO)C(=O)O.CC1(C(=O)Oc2c(F)c(F)c(F)c(F)c2F)COC(=O)OC1.CPF.O=C(Oc1c(F)c(F)c(F)c(F)c1F)Oc1c(F)c(F)c(F)c(F)c1F. The van der Waals surface area contributed by atoms with Crippen molar-refractivity contribution in [2.24, 2.45) is 10.8 Å². The van der Waals surface area contributed by atoms with Crippen LogP contribution in [0.5, 0.6) is 17.2 Å². The molecule has 1 aliphatic rings. The molecule has 1 aliphatic heterocycles. The summed E-state index contributed by atoms with van der Waals surface area (Å²) in [6.45, 7) is 1.75. The van der Waals surface area contributed by atoms with Gasteiger partial charge in [0.05, 0.1) is 22.1 Å². The number of carbonyl (C=O) groups is 4. The zero-order chi connectivity index (χ0) is 46.8. The number of hydrogen-bond acceptors (Lipinski definition) is 11. The minimum absolute atomic E-state index is 0.417. The Morgan fingerprint density at radius 3 is 1.03 bits per heavy atom. The smallest absolute Gasteiger partial charge is 0.481 e. The van der Waals surface area contributed by atoms with Crippen LogP contribution in [0, 0.1) is 98.1 Å². The number of carbonyl (C=O) groups excluding carboxylic acids is 3. The van der Waals surface area contributed by atoms with Crippen LogP contribution in [-0.2, 0) is 19.1 Å². The van der Waals surface area contributed by atoms with E-state index in [1.54, 1.807) is 0 Å². The minimum atomic E-state index is -2.62. The van der Waals surface area contributed by atoms with E-state index in [-0.39, 0.29) is 0 Å². The normalized spacial score (nSPS) is 13.1. The van der Waals surface area contributed by atoms with Gasteiger partial charge in [-0.25, -0.2) is 53.3 Å². The Bertz CT molecular complexity index is 1950. The first kappa shape index (κ1) is 52.4. The molecule has 334 valence electrons. The van der Waals surface area contributed by atoms with Crippen molar-refractivity contribution in [2.45, 2.75) is 13.8 Å². The monoisotopic (exact) mass is 920 g/mol. The Morgan fingerprint density at radius 1 is 0.583 bits per heavy atom. The van der Waals surface area contributed by atoms with E-state index in [4.69, 9.17) is 15.3 Å². The van der Waals surface area contributed by atoms with Crippen molar-refractivity contribution in [3.8, 4) is 17.2 Å². The average Bonchev–Trinajstić information content (AvgIpc) is 3.22. The molecule has 1 atom stereocenters. The molecule has 3 aromatic carbocycles. The van der Waals surface area contributed by atoms with Gasteiger partial charge in [0.15, 0.2) is 0 Å². The van der Waals surface area contributed by atoms with Gasteiger partial charge in [0.2, 0.25) is 105 Å². The molecule has 60 heavy (non-hydrogen) atoms. The molecule has 3 aromatic rings. The Labute approximate surface area is 324 Å². The molecule has 0 saturated carbocycles. The first-order valence-corrected chi connectivity index (χ1v) is 16.2. The molecule has 1 unspecified atom stereocenters. The van der Waals surface area contributed by atoms with Crippen LogP contribution >= 0.6 is 8.89 Å². The highest BCUT2D eigenvalue weighted by molar-refractivity contribution is 7.30. The third-order valence-electron chi connectivity index (χ3n) is 6.80. The number of aliphatic carboxylic acids is 1. The van der Waals surface area contributed by atoms with Gasteiger partial charge in [-0.15, -0.1) is 0 Å². The molecule has 0 radical (unpaired) electrons. The van der Waals surface area contributed by atoms with E-state index in [1.807, 2.05) is 0 Å². The van der Waals surface area contributed by atoms with Gasteiger partial charge in [-0.05, 0) is 20.5 Å². The second-order valence-corrected chi connectivity index (χ2v) is 11.7. The molecular weight excluding hydrogens is 899 g/mol. The minimum Gasteiger partial charge on any atom is -0.481 e. The number of carboxylic acid groups (broad SMARTS) is 1. The average molecular weight is 920 g/mol. The summed E-state index contributed by atoms with van der Waals surface area (Å²) >= 11 is 0. The van der Waals surface area contributed by atoms with Crippen molar-refractivity contribution in [3.63, 3.8) is 0 Å². The lowest BCUT2D eigenvalue weighted by Crippen LogP contribution is -2.45. The van der Waals surface area contributed by atoms with E-state index in [0.717, 1.165) is 6.92 Å². The maximum atomic E-state index is 13.4. The van der Waals surface area contributed by atoms with Crippen LogP contribution < -0.4 is 14.2 Å². The second kappa shape index (κ2) is 21.6. The largest absolute Gasteiger partial charge is 0.519 e. The lowest BCUT2D eigenvalue weighted by atomic mass is 9.92. The second-order valence-electron chi connectivity index (χ2n) is 11.3. The predicted octanol–water partition coefficient (Wildman–Crippen LogP) is 7.36. The standard InChI is InChI=1S/C13F10O3.C12H7F5O5.C5H10O4.CH4FP/c14-1-3(16)7(20)11(8(21)4(1)17)25-13(24)26-12-9(22)5(18)2(15)6(19)10(12)23;1-12(2-20-11(19)21-3-12)10(18)22-9-7(16)5(14)4(13)6(15)8(9)17;1-5(2-6,3-7)4(8)9;1-3-2/h;2-3H2,1H3;6-7H,2-3H2,1H3,(H,8,9);3H,1H3. The molecule has 4 rings (SSSR count). The van der Waals surface area contributed by atoms with Gasteiger partial charge in [-0.2, -0.15) is 26.3 Å². The number of rotatable bonds is 7. The third kappa shape index (κ3) is 11.8. The summed E-state index contributed by atoms with van der Waals surface area (Å²) < 4.78 is 227. The quantitative estimate of drug-likeness (QED) is 0.0409. The van der Waals surface area contributed by atoms with Crippen molar-refractivity contribution in [2.75, 3.05) is 33.1 Å². The van der Waals surface area contributed by atoms with Crippen LogP contribution in [0.25, 0.3) is 0 Å². The van der Waals surface area contributed by atoms with Crippen LogP contribution in [0.1, 0.15) is 13.8 Å². The van der Waals surface area contributed by atoms with E-state index in [2.05, 4.69) is 23.7 Å². The maximum Gasteiger partial charge on any atom is 0.519 e. The molecule has 1 fully saturated rings. The molecule has 29 heteroatoms. The number of hydrogen-bond donors (Lipinski definition) is 3. The fourth-order valence-corrected chi connectivity index (χ4v) is 3.25. The van der Waals surface area contributed by atoms with Crippen molar-refractivity contribution in [1.29, 1.82) is 0 Å². The van der Waals surface area contributed by atoms with Gasteiger partial charge in [-0.1, -0.05) is 0 Å². The molecule has 1 saturated heterocycles. The van der Waals surface area contributed by atoms with Crippen molar-refractivity contribution >= 4 is 33.1 Å². The van der Waals surface area contributed by atoms with Gasteiger partial charge < -0.3 is 39.0 Å². The number of cyclic esters (lactones) is 2. The van der Waals surface area contributed by atoms with Crippen molar-refractivity contribution < 1.29 is 128 Å². The molecule has 0 amide bonds. The van der Waals surface area contributed by atoms with Crippen LogP contribution in [0.15, 0.2) is 0 Å². The van der Waals surface area contributed by atoms with E-state index >= 15 is 0 Å². The molecular formula is C31H21F16O12P. The summed E-state index contributed by atoms with van der Waals surface area (Å²) in [7, 11) is -0.417. The molecule has 0 aromatic heterocycles. The number of aliphatic hydroxyl groups excluding tert-OH is 2. The fourth-order valence-electron chi connectivity index (χ4n) is 3.25. The van der Waals surface area contributed by atoms with Crippen LogP contribution in [-0.4, -0.2) is 72.7 Å². The molecule has 3 N–H and O–H groups in total. The molecule has 0 spiro atoms. The van der Waals surface area contributed by atoms with Gasteiger partial charge in [0.1, 0.15) is 24.0 Å². The molecule has 1 heterocycles. The van der Waals surface area contributed by atoms with E-state index in [1.165, 1.54) is 13.6 Å². The first-order valence-electron chi connectivity index (χ1n) is 14.8. The number of aliphatic hydroxyl groups is 2. The lowest BCUT2D eigenvalue weighted by molar-refractivity contribution is -0.156. The Balaban J connectivity index is 0.000000477. The summed E-state index contributed by atoms with van der Waals surface area (Å²) in [4.78, 5) is 43.9. The lowest BCUT2D eigenvalue weighted by Gasteiger charge is -2.29. The zero-order valence-electron chi connectivity index (χ0n) is 29.4. The Kier molecular flexibility index (Phi) is 18.8. The molecule has 0 aliphatic carbocycles. The number of benzene rings is 3. The highest BCUT2D eigenvalue weighted by Gasteiger charge is 2.43. The number of ether oxygens (including phenoxy) is 5. The van der Waals surface area contributed by atoms with Crippen LogP contribution in [0.3, 0.4) is 0 Å². The topological polar surface area (TPSA) is 175 Å². The van der Waals surface area contributed by atoms with Gasteiger partial charge in [0, 0.05) is 0 Å². The van der Waals surface area contributed by atoms with Crippen LogP contribution in [0.4, 0.5) is 79.6 Å². The highest BCUT2D eigenvalue weighted by atomic mass is 31.1. The molecule has 0 bridgehead atoms. The first-order chi connectivity index (χ1) is 27.6. The number of esters is 1. The van der Waals surface area contributed by atoms with E-state index in [0.29, 0.717) is 0 Å². The van der Waals surface area contributed by atoms with Gasteiger partial charge in [0.25, 0.3) is 0 Å². The highest BCUT2D eigenvalue weighted by Crippen LogP contribution is 2.34. The summed E-state index contributed by atoms with van der Waals surface area (Å²) in [6.07, 6.45) is -3.63. The third-order valence-corrected chi connectivity index (χ3v) is 6.80. The summed E-state index contributed by atoms with van der Waals surface area (Å²) in [5, 5.41) is 25.1. The Hall–Kier alpha value is -5.63. The van der Waals surface area contributed by atoms with Crippen LogP contribution in [0.2, 0.25) is 0 Å². The summed E-state index contributed by atoms with van der Waals surface area (Å²) in [6, 6.07) is 0. The number of carboxylic acids is 1. The zero-order valence-corrected chi connectivity index (χ0v) is 30.4. The van der Waals surface area contributed by atoms with E-state index in [9.17, 15) is 89.2 Å². The van der Waals surface area contributed by atoms with Gasteiger partial charge >= 0.3 is 24.2 Å². The summed E-state index contributed by atoms with van der Waals surface area (Å²) in [5.41, 5.74) is -3.05. The van der Waals surface area contributed by atoms with Crippen molar-refractivity contribution in [1.82, 2.24) is 0 Å². The Morgan fingerprint density at radius 2 is 0.817 bits per heavy atom.